The third-order valence-electron chi connectivity index (χ3n) is 2.66. The zero-order valence-electron chi connectivity index (χ0n) is 8.13. The molecule has 0 aliphatic rings. The third-order valence-corrected chi connectivity index (χ3v) is 2.66. The molecule has 0 fully saturated rings. The molecule has 0 amide bonds. The molecule has 0 radical (unpaired) electrons. The molecule has 0 aliphatic carbocycles. The first-order chi connectivity index (χ1) is 6.11. The molecule has 3 nitrogen and oxygen atoms in total. The van der Waals surface area contributed by atoms with Gasteiger partial charge in [0.25, 0.3) is 0 Å². The summed E-state index contributed by atoms with van der Waals surface area (Å²) in [7, 11) is 2.04. The summed E-state index contributed by atoms with van der Waals surface area (Å²) in [4.78, 5) is 4.31. The topological polar surface area (TPSA) is 43.8 Å². The molecule has 0 spiro atoms. The lowest BCUT2D eigenvalue weighted by Gasteiger charge is -1.97. The molecular formula is C10H13N3. The summed E-state index contributed by atoms with van der Waals surface area (Å²) in [5.74, 6) is 0.584. The molecule has 2 rings (SSSR count). The van der Waals surface area contributed by atoms with Crippen molar-refractivity contribution in [2.75, 3.05) is 5.73 Å². The van der Waals surface area contributed by atoms with Crippen molar-refractivity contribution in [1.82, 2.24) is 9.55 Å². The van der Waals surface area contributed by atoms with E-state index >= 15 is 0 Å². The van der Waals surface area contributed by atoms with Crippen LogP contribution in [-0.2, 0) is 7.05 Å². The van der Waals surface area contributed by atoms with Gasteiger partial charge in [-0.05, 0) is 31.5 Å². The Balaban J connectivity index is 2.95. The van der Waals surface area contributed by atoms with Crippen molar-refractivity contribution < 1.29 is 0 Å². The number of hydrogen-bond donors (Lipinski definition) is 1. The van der Waals surface area contributed by atoms with Crippen LogP contribution in [0.2, 0.25) is 0 Å². The van der Waals surface area contributed by atoms with Gasteiger partial charge < -0.3 is 10.3 Å². The maximum Gasteiger partial charge on any atom is 0.124 e. The summed E-state index contributed by atoms with van der Waals surface area (Å²) in [6.45, 7) is 4.16. The fourth-order valence-electron chi connectivity index (χ4n) is 1.62. The Bertz CT molecular complexity index is 468. The summed E-state index contributed by atoms with van der Waals surface area (Å²) in [5, 5.41) is 0. The first kappa shape index (κ1) is 8.10. The fraction of sp³-hybridized carbons (Fsp3) is 0.300. The van der Waals surface area contributed by atoms with E-state index in [1.165, 1.54) is 11.3 Å². The lowest BCUT2D eigenvalue weighted by molar-refractivity contribution is 0.910. The van der Waals surface area contributed by atoms with Gasteiger partial charge in [0.2, 0.25) is 0 Å². The van der Waals surface area contributed by atoms with Crippen LogP contribution in [0.15, 0.2) is 12.1 Å². The van der Waals surface area contributed by atoms with Crippen molar-refractivity contribution in [2.45, 2.75) is 13.8 Å². The molecule has 2 heterocycles. The summed E-state index contributed by atoms with van der Waals surface area (Å²) in [5.41, 5.74) is 10.2. The van der Waals surface area contributed by atoms with Gasteiger partial charge >= 0.3 is 0 Å². The van der Waals surface area contributed by atoms with Gasteiger partial charge in [0, 0.05) is 12.7 Å². The molecule has 0 saturated heterocycles. The quantitative estimate of drug-likeness (QED) is 0.663. The SMILES string of the molecule is Cc1c(C)n(C)c2ccc(N)nc12. The average molecular weight is 175 g/mol. The van der Waals surface area contributed by atoms with E-state index in [2.05, 4.69) is 23.4 Å². The highest BCUT2D eigenvalue weighted by Crippen LogP contribution is 2.22. The van der Waals surface area contributed by atoms with E-state index < -0.39 is 0 Å². The van der Waals surface area contributed by atoms with E-state index in [0.717, 1.165) is 11.0 Å². The van der Waals surface area contributed by atoms with Gasteiger partial charge in [0.1, 0.15) is 5.82 Å². The number of pyridine rings is 1. The van der Waals surface area contributed by atoms with E-state index in [-0.39, 0.29) is 0 Å². The van der Waals surface area contributed by atoms with Crippen molar-refractivity contribution in [3.63, 3.8) is 0 Å². The van der Waals surface area contributed by atoms with Crippen molar-refractivity contribution in [1.29, 1.82) is 0 Å². The molecule has 0 aliphatic heterocycles. The zero-order valence-corrected chi connectivity index (χ0v) is 8.13. The molecule has 0 saturated carbocycles. The lowest BCUT2D eigenvalue weighted by atomic mass is 10.2. The van der Waals surface area contributed by atoms with Crippen molar-refractivity contribution in [2.24, 2.45) is 7.05 Å². The number of anilines is 1. The molecule has 0 aromatic carbocycles. The molecule has 13 heavy (non-hydrogen) atoms. The Kier molecular flexibility index (Phi) is 1.55. The molecule has 0 atom stereocenters. The van der Waals surface area contributed by atoms with Crippen molar-refractivity contribution in [3.8, 4) is 0 Å². The molecule has 3 heteroatoms. The predicted octanol–water partition coefficient (Wildman–Crippen LogP) is 1.77. The van der Waals surface area contributed by atoms with Gasteiger partial charge in [-0.3, -0.25) is 0 Å². The fourth-order valence-corrected chi connectivity index (χ4v) is 1.62. The Morgan fingerprint density at radius 2 is 2.00 bits per heavy atom. The molecule has 2 N–H and O–H groups in total. The Morgan fingerprint density at radius 1 is 1.31 bits per heavy atom. The second-order valence-corrected chi connectivity index (χ2v) is 3.37. The van der Waals surface area contributed by atoms with Crippen LogP contribution in [0.4, 0.5) is 5.82 Å². The van der Waals surface area contributed by atoms with Crippen molar-refractivity contribution in [3.05, 3.63) is 23.4 Å². The number of nitrogens with zero attached hydrogens (tertiary/aromatic N) is 2. The normalized spacial score (nSPS) is 11.0. The Hall–Kier alpha value is -1.51. The number of nitrogens with two attached hydrogens (primary N) is 1. The molecule has 0 bridgehead atoms. The van der Waals surface area contributed by atoms with E-state index in [9.17, 15) is 0 Å². The van der Waals surface area contributed by atoms with E-state index in [1.807, 2.05) is 19.2 Å². The van der Waals surface area contributed by atoms with Gasteiger partial charge in [0.05, 0.1) is 11.0 Å². The number of aryl methyl sites for hydroxylation is 2. The standard InChI is InChI=1S/C10H13N3/c1-6-7(2)13(3)8-4-5-9(11)12-10(6)8/h4-5H,1-3H3,(H2,11,12). The van der Waals surface area contributed by atoms with Gasteiger partial charge in [-0.25, -0.2) is 4.98 Å². The maximum atomic E-state index is 5.63. The smallest absolute Gasteiger partial charge is 0.124 e. The van der Waals surface area contributed by atoms with Crippen LogP contribution in [0.5, 0.6) is 0 Å². The van der Waals surface area contributed by atoms with Crippen LogP contribution in [0, 0.1) is 13.8 Å². The summed E-state index contributed by atoms with van der Waals surface area (Å²) in [6.07, 6.45) is 0. The predicted molar refractivity (Wildman–Crippen MR) is 54.6 cm³/mol. The minimum atomic E-state index is 0.584. The second-order valence-electron chi connectivity index (χ2n) is 3.37. The van der Waals surface area contributed by atoms with Crippen LogP contribution in [0.25, 0.3) is 11.0 Å². The first-order valence-electron chi connectivity index (χ1n) is 4.29. The maximum absolute atomic E-state index is 5.63. The van der Waals surface area contributed by atoms with E-state index in [0.29, 0.717) is 5.82 Å². The van der Waals surface area contributed by atoms with Gasteiger partial charge in [-0.1, -0.05) is 0 Å². The van der Waals surface area contributed by atoms with Crippen LogP contribution < -0.4 is 5.73 Å². The zero-order chi connectivity index (χ0) is 9.59. The molecular weight excluding hydrogens is 162 g/mol. The highest BCUT2D eigenvalue weighted by Gasteiger charge is 2.08. The largest absolute Gasteiger partial charge is 0.384 e. The third kappa shape index (κ3) is 1.00. The van der Waals surface area contributed by atoms with Crippen molar-refractivity contribution >= 4 is 16.9 Å². The monoisotopic (exact) mass is 175 g/mol. The summed E-state index contributed by atoms with van der Waals surface area (Å²) >= 11 is 0. The van der Waals surface area contributed by atoms with Crippen LogP contribution >= 0.6 is 0 Å². The molecule has 2 aromatic heterocycles. The van der Waals surface area contributed by atoms with Crippen LogP contribution in [-0.4, -0.2) is 9.55 Å². The molecule has 0 unspecified atom stereocenters. The van der Waals surface area contributed by atoms with Gasteiger partial charge in [-0.2, -0.15) is 0 Å². The highest BCUT2D eigenvalue weighted by atomic mass is 15.0. The number of aromatic nitrogens is 2. The number of nitrogen functional groups attached to an aromatic ring is 1. The number of rotatable bonds is 0. The average Bonchev–Trinajstić information content (AvgIpc) is 2.32. The van der Waals surface area contributed by atoms with Gasteiger partial charge in [0.15, 0.2) is 0 Å². The number of fused-ring (bicyclic) bond motifs is 1. The second kappa shape index (κ2) is 2.49. The Labute approximate surface area is 77.2 Å². The first-order valence-corrected chi connectivity index (χ1v) is 4.29. The summed E-state index contributed by atoms with van der Waals surface area (Å²) in [6, 6.07) is 3.85. The Morgan fingerprint density at radius 3 is 2.69 bits per heavy atom. The minimum absolute atomic E-state index is 0.584. The molecule has 2 aromatic rings. The van der Waals surface area contributed by atoms with E-state index in [1.54, 1.807) is 0 Å². The van der Waals surface area contributed by atoms with Crippen LogP contribution in [0.3, 0.4) is 0 Å². The highest BCUT2D eigenvalue weighted by molar-refractivity contribution is 5.82. The van der Waals surface area contributed by atoms with E-state index in [4.69, 9.17) is 5.73 Å². The number of hydrogen-bond acceptors (Lipinski definition) is 2. The lowest BCUT2D eigenvalue weighted by Crippen LogP contribution is -1.91. The van der Waals surface area contributed by atoms with Gasteiger partial charge in [-0.15, -0.1) is 0 Å². The van der Waals surface area contributed by atoms with Crippen LogP contribution in [0.1, 0.15) is 11.3 Å². The summed E-state index contributed by atoms with van der Waals surface area (Å²) < 4.78 is 2.14. The minimum Gasteiger partial charge on any atom is -0.384 e. The molecule has 68 valence electrons.